The predicted octanol–water partition coefficient (Wildman–Crippen LogP) is 1.43. The molecule has 0 fully saturated rings. The van der Waals surface area contributed by atoms with E-state index in [2.05, 4.69) is 9.97 Å². The number of nitrogens with zero attached hydrogens (tertiary/aromatic N) is 1. The summed E-state index contributed by atoms with van der Waals surface area (Å²) in [6, 6.07) is 3.27. The molecule has 5 heteroatoms. The summed E-state index contributed by atoms with van der Waals surface area (Å²) in [5.41, 5.74) is 2.17. The second kappa shape index (κ2) is 3.40. The first kappa shape index (κ1) is 9.18. The van der Waals surface area contributed by atoms with E-state index in [4.69, 9.17) is 16.7 Å². The molecule has 2 N–H and O–H groups in total. The van der Waals surface area contributed by atoms with Crippen molar-refractivity contribution < 1.29 is 9.90 Å². The van der Waals surface area contributed by atoms with Crippen molar-refractivity contribution in [3.05, 3.63) is 29.6 Å². The Balaban J connectivity index is 2.76. The van der Waals surface area contributed by atoms with Crippen molar-refractivity contribution in [3.8, 4) is 0 Å². The van der Waals surface area contributed by atoms with E-state index in [0.717, 1.165) is 0 Å². The highest BCUT2D eigenvalue weighted by Crippen LogP contribution is 2.19. The van der Waals surface area contributed by atoms with E-state index in [0.29, 0.717) is 22.2 Å². The highest BCUT2D eigenvalue weighted by Gasteiger charge is 2.11. The van der Waals surface area contributed by atoms with E-state index in [-0.39, 0.29) is 6.61 Å². The first-order valence-corrected chi connectivity index (χ1v) is 4.37. The van der Waals surface area contributed by atoms with Gasteiger partial charge in [0, 0.05) is 0 Å². The van der Waals surface area contributed by atoms with Crippen molar-refractivity contribution in [1.82, 2.24) is 9.97 Å². The Kier molecular flexibility index (Phi) is 2.23. The number of nitrogens with one attached hydrogen (secondary N) is 1. The van der Waals surface area contributed by atoms with Crippen LogP contribution in [0.5, 0.6) is 0 Å². The third-order valence-electron chi connectivity index (χ3n) is 1.98. The Morgan fingerprint density at radius 1 is 1.57 bits per heavy atom. The first-order valence-electron chi connectivity index (χ1n) is 3.99. The number of imidazole rings is 1. The van der Waals surface area contributed by atoms with Gasteiger partial charge >= 0.3 is 0 Å². The van der Waals surface area contributed by atoms with Crippen LogP contribution in [0.2, 0.25) is 0 Å². The van der Waals surface area contributed by atoms with E-state index in [1.807, 2.05) is 0 Å². The second-order valence-corrected chi connectivity index (χ2v) is 3.22. The molecule has 0 saturated carbocycles. The molecule has 4 nitrogen and oxygen atoms in total. The molecule has 2 rings (SSSR count). The monoisotopic (exact) mass is 210 g/mol. The maximum atomic E-state index is 11.1. The molecule has 0 amide bonds. The summed E-state index contributed by atoms with van der Waals surface area (Å²) < 4.78 is 0. The van der Waals surface area contributed by atoms with Gasteiger partial charge in [0.2, 0.25) is 0 Å². The molecule has 14 heavy (non-hydrogen) atoms. The van der Waals surface area contributed by atoms with Crippen molar-refractivity contribution in [3.63, 3.8) is 0 Å². The van der Waals surface area contributed by atoms with E-state index in [1.165, 1.54) is 6.33 Å². The number of halogens is 1. The van der Waals surface area contributed by atoms with Crippen LogP contribution in [0.4, 0.5) is 0 Å². The molecule has 0 aliphatic rings. The normalized spacial score (nSPS) is 10.7. The number of aromatic amines is 1. The van der Waals surface area contributed by atoms with Crippen LogP contribution in [-0.4, -0.2) is 20.3 Å². The molecule has 0 radical (unpaired) electrons. The third kappa shape index (κ3) is 1.38. The number of aliphatic hydroxyl groups excluding tert-OH is 1. The highest BCUT2D eigenvalue weighted by atomic mass is 35.5. The number of hydrogen-bond acceptors (Lipinski definition) is 3. The molecule has 1 aromatic heterocycles. The number of fused-ring (bicyclic) bond motifs is 1. The predicted molar refractivity (Wildman–Crippen MR) is 52.2 cm³/mol. The number of carbonyl (C=O) groups is 1. The van der Waals surface area contributed by atoms with E-state index < -0.39 is 5.24 Å². The zero-order chi connectivity index (χ0) is 10.1. The van der Waals surface area contributed by atoms with Gasteiger partial charge in [-0.05, 0) is 29.3 Å². The van der Waals surface area contributed by atoms with E-state index in [9.17, 15) is 4.79 Å². The van der Waals surface area contributed by atoms with Gasteiger partial charge in [-0.1, -0.05) is 0 Å². The summed E-state index contributed by atoms with van der Waals surface area (Å²) >= 11 is 5.39. The van der Waals surface area contributed by atoms with Crippen molar-refractivity contribution >= 4 is 27.9 Å². The fraction of sp³-hybridized carbons (Fsp3) is 0.111. The van der Waals surface area contributed by atoms with Crippen LogP contribution >= 0.6 is 11.6 Å². The van der Waals surface area contributed by atoms with Crippen molar-refractivity contribution in [2.24, 2.45) is 0 Å². The topological polar surface area (TPSA) is 66.0 Å². The average molecular weight is 211 g/mol. The Hall–Kier alpha value is -1.39. The minimum absolute atomic E-state index is 0.133. The second-order valence-electron chi connectivity index (χ2n) is 2.87. The van der Waals surface area contributed by atoms with Crippen molar-refractivity contribution in [2.45, 2.75) is 6.61 Å². The Morgan fingerprint density at radius 3 is 3.00 bits per heavy atom. The SMILES string of the molecule is O=C(Cl)c1cc(CO)cc2[nH]cnc12. The highest BCUT2D eigenvalue weighted by molar-refractivity contribution is 6.68. The number of carbonyl (C=O) groups excluding carboxylic acids is 1. The first-order chi connectivity index (χ1) is 6.72. The number of aliphatic hydroxyl groups is 1. The minimum atomic E-state index is -0.572. The fourth-order valence-electron chi connectivity index (χ4n) is 1.35. The standard InChI is InChI=1S/C9H7ClN2O2/c10-9(14)6-1-5(3-13)2-7-8(6)12-4-11-7/h1-2,4,13H,3H2,(H,11,12). The smallest absolute Gasteiger partial charge is 0.254 e. The minimum Gasteiger partial charge on any atom is -0.392 e. The van der Waals surface area contributed by atoms with Crippen LogP contribution in [0.3, 0.4) is 0 Å². The van der Waals surface area contributed by atoms with Crippen LogP contribution in [0.15, 0.2) is 18.5 Å². The number of aromatic nitrogens is 2. The summed E-state index contributed by atoms with van der Waals surface area (Å²) in [5, 5.41) is 8.38. The maximum Gasteiger partial charge on any atom is 0.254 e. The van der Waals surface area contributed by atoms with Crippen LogP contribution < -0.4 is 0 Å². The van der Waals surface area contributed by atoms with Crippen LogP contribution in [0.1, 0.15) is 15.9 Å². The summed E-state index contributed by atoms with van der Waals surface area (Å²) in [4.78, 5) is 17.9. The zero-order valence-corrected chi connectivity index (χ0v) is 7.88. The lowest BCUT2D eigenvalue weighted by molar-refractivity contribution is 0.108. The molecular formula is C9H7ClN2O2. The van der Waals surface area contributed by atoms with E-state index in [1.54, 1.807) is 12.1 Å². The number of benzene rings is 1. The van der Waals surface area contributed by atoms with Gasteiger partial charge in [0.1, 0.15) is 5.52 Å². The van der Waals surface area contributed by atoms with Gasteiger partial charge in [0.15, 0.2) is 0 Å². The maximum absolute atomic E-state index is 11.1. The van der Waals surface area contributed by atoms with Crippen molar-refractivity contribution in [1.29, 1.82) is 0 Å². The van der Waals surface area contributed by atoms with Gasteiger partial charge < -0.3 is 10.1 Å². The van der Waals surface area contributed by atoms with Gasteiger partial charge in [-0.3, -0.25) is 4.79 Å². The quantitative estimate of drug-likeness (QED) is 0.737. The number of rotatable bonds is 2. The largest absolute Gasteiger partial charge is 0.392 e. The van der Waals surface area contributed by atoms with Crippen LogP contribution in [0, 0.1) is 0 Å². The molecule has 2 aromatic rings. The summed E-state index contributed by atoms with van der Waals surface area (Å²) in [7, 11) is 0. The number of hydrogen-bond donors (Lipinski definition) is 2. The van der Waals surface area contributed by atoms with Crippen LogP contribution in [-0.2, 0) is 6.61 Å². The fourth-order valence-corrected chi connectivity index (χ4v) is 1.49. The molecule has 1 aromatic carbocycles. The Bertz CT molecular complexity index is 493. The molecule has 0 aliphatic heterocycles. The van der Waals surface area contributed by atoms with Crippen molar-refractivity contribution in [2.75, 3.05) is 0 Å². The lowest BCUT2D eigenvalue weighted by Crippen LogP contribution is -1.94. The molecule has 0 spiro atoms. The van der Waals surface area contributed by atoms with Gasteiger partial charge in [-0.25, -0.2) is 4.98 Å². The summed E-state index contributed by atoms with van der Waals surface area (Å²) in [6.07, 6.45) is 1.48. The van der Waals surface area contributed by atoms with Gasteiger partial charge in [0.25, 0.3) is 5.24 Å². The molecular weight excluding hydrogens is 204 g/mol. The molecule has 0 atom stereocenters. The third-order valence-corrected chi connectivity index (χ3v) is 2.18. The molecule has 0 saturated heterocycles. The Morgan fingerprint density at radius 2 is 2.36 bits per heavy atom. The van der Waals surface area contributed by atoms with Gasteiger partial charge in [-0.2, -0.15) is 0 Å². The van der Waals surface area contributed by atoms with Gasteiger partial charge in [-0.15, -0.1) is 0 Å². The molecule has 0 unspecified atom stereocenters. The van der Waals surface area contributed by atoms with E-state index >= 15 is 0 Å². The molecule has 72 valence electrons. The lowest BCUT2D eigenvalue weighted by atomic mass is 10.1. The number of H-pyrrole nitrogens is 1. The lowest BCUT2D eigenvalue weighted by Gasteiger charge is -2.00. The summed E-state index contributed by atoms with van der Waals surface area (Å²) in [6.45, 7) is -0.133. The Labute approximate surface area is 84.5 Å². The zero-order valence-electron chi connectivity index (χ0n) is 7.12. The average Bonchev–Trinajstić information content (AvgIpc) is 2.63. The molecule has 0 bridgehead atoms. The summed E-state index contributed by atoms with van der Waals surface area (Å²) in [5.74, 6) is 0. The molecule has 1 heterocycles. The van der Waals surface area contributed by atoms with Crippen LogP contribution in [0.25, 0.3) is 11.0 Å². The molecule has 0 aliphatic carbocycles. The van der Waals surface area contributed by atoms with Gasteiger partial charge in [0.05, 0.1) is 24.0 Å².